The highest BCUT2D eigenvalue weighted by atomic mass is 32.1. The van der Waals surface area contributed by atoms with E-state index in [4.69, 9.17) is 11.2 Å². The summed E-state index contributed by atoms with van der Waals surface area (Å²) in [5.74, 6) is 1.70. The summed E-state index contributed by atoms with van der Waals surface area (Å²) in [4.78, 5) is 28.9. The van der Waals surface area contributed by atoms with Crippen LogP contribution in [0, 0.1) is 12.3 Å². The van der Waals surface area contributed by atoms with Crippen LogP contribution in [0.4, 0.5) is 0 Å². The number of nitrogens with zero attached hydrogens (tertiary/aromatic N) is 4. The highest BCUT2D eigenvalue weighted by molar-refractivity contribution is 7.16. The minimum atomic E-state index is -0.445. The zero-order valence-electron chi connectivity index (χ0n) is 15.2. The van der Waals surface area contributed by atoms with E-state index < -0.39 is 11.9 Å². The smallest absolute Gasteiger partial charge is 0.337 e. The van der Waals surface area contributed by atoms with E-state index in [1.54, 1.807) is 39.7 Å². The van der Waals surface area contributed by atoms with Gasteiger partial charge >= 0.3 is 5.97 Å². The minimum absolute atomic E-state index is 0.152. The number of benzene rings is 1. The molecule has 0 aliphatic rings. The average molecular weight is 382 g/mol. The number of carbonyl (C=O) groups excluding carboxylic acids is 2. The maximum absolute atomic E-state index is 12.5. The molecule has 0 N–H and O–H groups in total. The zero-order chi connectivity index (χ0) is 19.6. The Kier molecular flexibility index (Phi) is 5.23. The number of aromatic nitrogens is 3. The summed E-state index contributed by atoms with van der Waals surface area (Å²) in [6.07, 6.45) is 7.22. The number of carbonyl (C=O) groups is 2. The van der Waals surface area contributed by atoms with Gasteiger partial charge in [-0.25, -0.2) is 4.79 Å². The minimum Gasteiger partial charge on any atom is -0.465 e. The van der Waals surface area contributed by atoms with Crippen molar-refractivity contribution < 1.29 is 14.3 Å². The largest absolute Gasteiger partial charge is 0.465 e. The van der Waals surface area contributed by atoms with Crippen LogP contribution in [-0.2, 0) is 11.3 Å². The van der Waals surface area contributed by atoms with E-state index >= 15 is 0 Å². The topological polar surface area (TPSA) is 78.5 Å². The van der Waals surface area contributed by atoms with Crippen molar-refractivity contribution in [3.63, 3.8) is 0 Å². The van der Waals surface area contributed by atoms with Crippen LogP contribution >= 0.6 is 11.3 Å². The van der Waals surface area contributed by atoms with Gasteiger partial charge in [0.15, 0.2) is 10.5 Å². The first-order valence-corrected chi connectivity index (χ1v) is 9.05. The molecule has 0 atom stereocenters. The molecule has 0 spiro atoms. The van der Waals surface area contributed by atoms with Crippen LogP contribution in [0.3, 0.4) is 0 Å². The molecule has 0 fully saturated rings. The molecule has 0 radical (unpaired) electrons. The SMILES string of the molecule is C#CCn1c(=NC(=O)c2ccn(C(C)C)n2)sc2cc(C(=O)OC)ccc21. The predicted octanol–water partition coefficient (Wildman–Crippen LogP) is 2.64. The van der Waals surface area contributed by atoms with Crippen LogP contribution < -0.4 is 4.80 Å². The van der Waals surface area contributed by atoms with Gasteiger partial charge < -0.3 is 9.30 Å². The Labute approximate surface area is 159 Å². The summed E-state index contributed by atoms with van der Waals surface area (Å²) in [6.45, 7) is 4.21. The van der Waals surface area contributed by atoms with E-state index in [0.717, 1.165) is 10.2 Å². The summed E-state index contributed by atoms with van der Waals surface area (Å²) in [6, 6.07) is 6.92. The number of ether oxygens (including phenoxy) is 1. The van der Waals surface area contributed by atoms with E-state index in [0.29, 0.717) is 10.4 Å². The second-order valence-corrected chi connectivity index (χ2v) is 7.05. The Balaban J connectivity index is 2.09. The molecule has 0 bridgehead atoms. The molecular weight excluding hydrogens is 364 g/mol. The zero-order valence-corrected chi connectivity index (χ0v) is 16.0. The third-order valence-electron chi connectivity index (χ3n) is 3.91. The standard InChI is InChI=1S/C19H18N4O3S/c1-5-9-22-15-7-6-13(18(25)26-4)11-16(15)27-19(22)20-17(24)14-8-10-23(21-14)12(2)3/h1,6-8,10-12H,9H2,2-4H3. The van der Waals surface area contributed by atoms with Crippen LogP contribution in [0.5, 0.6) is 0 Å². The Bertz CT molecular complexity index is 1130. The first kappa shape index (κ1) is 18.6. The molecule has 0 saturated heterocycles. The maximum Gasteiger partial charge on any atom is 0.337 e. The lowest BCUT2D eigenvalue weighted by Crippen LogP contribution is -2.17. The summed E-state index contributed by atoms with van der Waals surface area (Å²) in [7, 11) is 1.33. The monoisotopic (exact) mass is 382 g/mol. The molecule has 0 saturated carbocycles. The van der Waals surface area contributed by atoms with Gasteiger partial charge in [0.05, 0.1) is 29.4 Å². The molecule has 0 aliphatic heterocycles. The van der Waals surface area contributed by atoms with Crippen molar-refractivity contribution in [3.8, 4) is 12.3 Å². The van der Waals surface area contributed by atoms with Crippen molar-refractivity contribution >= 4 is 33.4 Å². The molecule has 2 heterocycles. The lowest BCUT2D eigenvalue weighted by atomic mass is 10.2. The molecule has 7 nitrogen and oxygen atoms in total. The van der Waals surface area contributed by atoms with Crippen LogP contribution in [0.25, 0.3) is 10.2 Å². The number of amides is 1. The van der Waals surface area contributed by atoms with E-state index in [2.05, 4.69) is 16.0 Å². The van der Waals surface area contributed by atoms with Gasteiger partial charge in [-0.2, -0.15) is 10.1 Å². The highest BCUT2D eigenvalue weighted by Gasteiger charge is 2.14. The molecule has 1 amide bonds. The number of thiazole rings is 1. The van der Waals surface area contributed by atoms with Crippen molar-refractivity contribution in [2.24, 2.45) is 4.99 Å². The quantitative estimate of drug-likeness (QED) is 0.513. The molecule has 2 aromatic heterocycles. The molecule has 0 unspecified atom stereocenters. The molecule has 138 valence electrons. The molecule has 0 aliphatic carbocycles. The van der Waals surface area contributed by atoms with Crippen molar-refractivity contribution in [3.05, 3.63) is 46.5 Å². The number of hydrogen-bond donors (Lipinski definition) is 0. The normalized spacial score (nSPS) is 11.7. The van der Waals surface area contributed by atoms with Gasteiger partial charge in [0.2, 0.25) is 0 Å². The Morgan fingerprint density at radius 3 is 2.78 bits per heavy atom. The molecule has 3 rings (SSSR count). The molecular formula is C19H18N4O3S. The number of methoxy groups -OCH3 is 1. The van der Waals surface area contributed by atoms with Crippen LogP contribution in [0.1, 0.15) is 40.7 Å². The van der Waals surface area contributed by atoms with Gasteiger partial charge in [-0.15, -0.1) is 6.42 Å². The van der Waals surface area contributed by atoms with Gasteiger partial charge in [-0.1, -0.05) is 17.3 Å². The first-order chi connectivity index (χ1) is 12.9. The van der Waals surface area contributed by atoms with E-state index in [1.807, 2.05) is 13.8 Å². The van der Waals surface area contributed by atoms with Crippen LogP contribution in [-0.4, -0.2) is 33.3 Å². The second-order valence-electron chi connectivity index (χ2n) is 6.04. The first-order valence-electron chi connectivity index (χ1n) is 8.24. The summed E-state index contributed by atoms with van der Waals surface area (Å²) >= 11 is 1.28. The number of hydrogen-bond acceptors (Lipinski definition) is 5. The molecule has 27 heavy (non-hydrogen) atoms. The number of esters is 1. The average Bonchev–Trinajstić information content (AvgIpc) is 3.27. The third-order valence-corrected chi connectivity index (χ3v) is 4.95. The van der Waals surface area contributed by atoms with E-state index in [-0.39, 0.29) is 18.3 Å². The Morgan fingerprint density at radius 1 is 1.37 bits per heavy atom. The van der Waals surface area contributed by atoms with Crippen molar-refractivity contribution in [1.82, 2.24) is 14.3 Å². The van der Waals surface area contributed by atoms with Gasteiger partial charge in [0.1, 0.15) is 0 Å². The van der Waals surface area contributed by atoms with E-state index in [9.17, 15) is 9.59 Å². The molecule has 8 heteroatoms. The maximum atomic E-state index is 12.5. The summed E-state index contributed by atoms with van der Waals surface area (Å²) in [5, 5.41) is 4.25. The highest BCUT2D eigenvalue weighted by Crippen LogP contribution is 2.20. The summed E-state index contributed by atoms with van der Waals surface area (Å²) in [5.41, 5.74) is 1.49. The fourth-order valence-corrected chi connectivity index (χ4v) is 3.60. The Morgan fingerprint density at radius 2 is 2.15 bits per heavy atom. The van der Waals surface area contributed by atoms with Crippen LogP contribution in [0.2, 0.25) is 0 Å². The number of terminal acetylenes is 1. The number of rotatable bonds is 4. The van der Waals surface area contributed by atoms with Gasteiger partial charge in [-0.3, -0.25) is 9.48 Å². The van der Waals surface area contributed by atoms with Crippen LogP contribution in [0.15, 0.2) is 35.5 Å². The van der Waals surface area contributed by atoms with E-state index in [1.165, 1.54) is 18.4 Å². The third kappa shape index (κ3) is 3.68. The summed E-state index contributed by atoms with van der Waals surface area (Å²) < 4.78 is 9.00. The number of fused-ring (bicyclic) bond motifs is 1. The fraction of sp³-hybridized carbons (Fsp3) is 0.263. The van der Waals surface area contributed by atoms with Gasteiger partial charge in [0.25, 0.3) is 5.91 Å². The Hall–Kier alpha value is -3.18. The predicted molar refractivity (Wildman–Crippen MR) is 102 cm³/mol. The molecule has 3 aromatic rings. The molecule has 1 aromatic carbocycles. The lowest BCUT2D eigenvalue weighted by Gasteiger charge is -2.03. The van der Waals surface area contributed by atoms with Crippen molar-refractivity contribution in [1.29, 1.82) is 0 Å². The van der Waals surface area contributed by atoms with Gasteiger partial charge in [0, 0.05) is 12.2 Å². The lowest BCUT2D eigenvalue weighted by molar-refractivity contribution is 0.0601. The second kappa shape index (κ2) is 7.60. The fourth-order valence-electron chi connectivity index (χ4n) is 2.53. The van der Waals surface area contributed by atoms with Gasteiger partial charge in [-0.05, 0) is 38.1 Å². The van der Waals surface area contributed by atoms with Crippen molar-refractivity contribution in [2.75, 3.05) is 7.11 Å². The van der Waals surface area contributed by atoms with Crippen molar-refractivity contribution in [2.45, 2.75) is 26.4 Å².